The fraction of sp³-hybridized carbons (Fsp3) is 0.261. The van der Waals surface area contributed by atoms with E-state index in [1.807, 2.05) is 0 Å². The first kappa shape index (κ1) is 22.0. The summed E-state index contributed by atoms with van der Waals surface area (Å²) in [5.41, 5.74) is 6.85. The zero-order valence-electron chi connectivity index (χ0n) is 16.9. The molecule has 10 heteroatoms. The normalized spacial score (nSPS) is 28.8. The first-order chi connectivity index (χ1) is 15.6. The molecule has 168 valence electrons. The number of fused-ring (bicyclic) bond motifs is 3. The van der Waals surface area contributed by atoms with E-state index in [1.54, 1.807) is 18.2 Å². The Morgan fingerprint density at radius 2 is 1.82 bits per heavy atom. The maximum absolute atomic E-state index is 13.1. The highest BCUT2D eigenvalue weighted by atomic mass is 79.9. The lowest BCUT2D eigenvalue weighted by atomic mass is 9.59. The SMILES string of the molecule is NC(=O)N1C(=O)C2CC=C3C(c4cc(Br)ccc4O)C4=C(CC3C2C1=O)C(=O)C(Br)=CC4=O. The van der Waals surface area contributed by atoms with Crippen LogP contribution in [0.1, 0.15) is 24.3 Å². The maximum Gasteiger partial charge on any atom is 0.328 e. The van der Waals surface area contributed by atoms with Crippen LogP contribution in [0.25, 0.3) is 0 Å². The van der Waals surface area contributed by atoms with Gasteiger partial charge in [-0.2, -0.15) is 4.90 Å². The summed E-state index contributed by atoms with van der Waals surface area (Å²) in [6, 6.07) is 3.67. The Kier molecular flexibility index (Phi) is 5.06. The molecule has 4 amide bonds. The van der Waals surface area contributed by atoms with Gasteiger partial charge in [0, 0.05) is 33.2 Å². The minimum atomic E-state index is -1.13. The van der Waals surface area contributed by atoms with Gasteiger partial charge in [-0.1, -0.05) is 27.6 Å². The van der Waals surface area contributed by atoms with Crippen LogP contribution in [0.15, 0.2) is 56.0 Å². The van der Waals surface area contributed by atoms with E-state index in [0.717, 1.165) is 0 Å². The Morgan fingerprint density at radius 1 is 1.09 bits per heavy atom. The fourth-order valence-electron chi connectivity index (χ4n) is 5.54. The number of hydrogen-bond acceptors (Lipinski definition) is 6. The number of Topliss-reactive ketones (excluding diaryl/α,β-unsaturated/α-hetero) is 1. The molecule has 4 aliphatic rings. The van der Waals surface area contributed by atoms with Crippen LogP contribution in [-0.2, 0) is 19.2 Å². The molecular formula is C23H16Br2N2O6. The van der Waals surface area contributed by atoms with E-state index in [1.165, 1.54) is 12.1 Å². The Hall–Kier alpha value is -2.85. The van der Waals surface area contributed by atoms with Crippen LogP contribution in [0.4, 0.5) is 4.79 Å². The number of halogens is 2. The number of phenolic OH excluding ortho intramolecular Hbond substituents is 1. The number of nitrogens with zero attached hydrogens (tertiary/aromatic N) is 1. The molecule has 1 saturated heterocycles. The zero-order valence-corrected chi connectivity index (χ0v) is 20.1. The van der Waals surface area contributed by atoms with Crippen molar-refractivity contribution in [2.24, 2.45) is 23.5 Å². The lowest BCUT2D eigenvalue weighted by molar-refractivity contribution is -0.136. The Balaban J connectivity index is 1.73. The van der Waals surface area contributed by atoms with Gasteiger partial charge >= 0.3 is 6.03 Å². The van der Waals surface area contributed by atoms with Crippen LogP contribution < -0.4 is 5.73 Å². The van der Waals surface area contributed by atoms with Crippen LogP contribution >= 0.6 is 31.9 Å². The lowest BCUT2D eigenvalue weighted by Gasteiger charge is -2.42. The van der Waals surface area contributed by atoms with Crippen molar-refractivity contribution in [1.82, 2.24) is 4.90 Å². The number of rotatable bonds is 1. The van der Waals surface area contributed by atoms with Gasteiger partial charge in [0.15, 0.2) is 11.6 Å². The largest absolute Gasteiger partial charge is 0.508 e. The molecule has 0 radical (unpaired) electrons. The fourth-order valence-corrected chi connectivity index (χ4v) is 6.36. The van der Waals surface area contributed by atoms with Crippen molar-refractivity contribution in [3.63, 3.8) is 0 Å². The van der Waals surface area contributed by atoms with Gasteiger partial charge in [-0.05, 0) is 52.9 Å². The smallest absolute Gasteiger partial charge is 0.328 e. The summed E-state index contributed by atoms with van der Waals surface area (Å²) >= 11 is 6.53. The van der Waals surface area contributed by atoms with E-state index in [-0.39, 0.29) is 45.8 Å². The average Bonchev–Trinajstić information content (AvgIpc) is 3.02. The van der Waals surface area contributed by atoms with Crippen LogP contribution in [-0.4, -0.2) is 39.4 Å². The third-order valence-corrected chi connectivity index (χ3v) is 7.93. The highest BCUT2D eigenvalue weighted by Crippen LogP contribution is 2.56. The number of benzene rings is 1. The predicted octanol–water partition coefficient (Wildman–Crippen LogP) is 3.00. The highest BCUT2D eigenvalue weighted by molar-refractivity contribution is 9.12. The lowest BCUT2D eigenvalue weighted by Crippen LogP contribution is -2.42. The number of imide groups is 3. The Morgan fingerprint density at radius 3 is 2.52 bits per heavy atom. The van der Waals surface area contributed by atoms with Gasteiger partial charge < -0.3 is 10.8 Å². The second kappa shape index (κ2) is 7.59. The summed E-state index contributed by atoms with van der Waals surface area (Å²) in [6.45, 7) is 0. The number of ketones is 2. The quantitative estimate of drug-likeness (QED) is 0.300. The third kappa shape index (κ3) is 3.11. The molecule has 1 heterocycles. The van der Waals surface area contributed by atoms with Gasteiger partial charge in [0.2, 0.25) is 11.8 Å². The molecule has 3 N–H and O–H groups in total. The number of amides is 4. The number of phenols is 1. The van der Waals surface area contributed by atoms with Gasteiger partial charge in [0.1, 0.15) is 5.75 Å². The molecule has 4 unspecified atom stereocenters. The molecule has 8 nitrogen and oxygen atoms in total. The average molecular weight is 576 g/mol. The Labute approximate surface area is 204 Å². The van der Waals surface area contributed by atoms with Gasteiger partial charge in [-0.15, -0.1) is 0 Å². The highest BCUT2D eigenvalue weighted by Gasteiger charge is 2.57. The number of nitrogens with two attached hydrogens (primary N) is 1. The van der Waals surface area contributed by atoms with Crippen molar-refractivity contribution in [2.75, 3.05) is 0 Å². The summed E-state index contributed by atoms with van der Waals surface area (Å²) in [5.74, 6) is -5.21. The molecule has 3 aliphatic carbocycles. The molecule has 0 aromatic heterocycles. The van der Waals surface area contributed by atoms with Gasteiger partial charge in [0.05, 0.1) is 16.3 Å². The summed E-state index contributed by atoms with van der Waals surface area (Å²) in [7, 11) is 0. The van der Waals surface area contributed by atoms with Crippen molar-refractivity contribution in [3.05, 3.63) is 61.6 Å². The molecule has 1 fully saturated rings. The van der Waals surface area contributed by atoms with E-state index in [4.69, 9.17) is 5.73 Å². The number of primary amides is 1. The van der Waals surface area contributed by atoms with Crippen LogP contribution in [0.5, 0.6) is 5.75 Å². The minimum Gasteiger partial charge on any atom is -0.508 e. The summed E-state index contributed by atoms with van der Waals surface area (Å²) in [4.78, 5) is 64.3. The maximum atomic E-state index is 13.1. The van der Waals surface area contributed by atoms with Gasteiger partial charge in [0.25, 0.3) is 0 Å². The Bertz CT molecular complexity index is 1290. The van der Waals surface area contributed by atoms with Crippen molar-refractivity contribution < 1.29 is 29.1 Å². The minimum absolute atomic E-state index is 0.0622. The van der Waals surface area contributed by atoms with E-state index in [2.05, 4.69) is 31.9 Å². The summed E-state index contributed by atoms with van der Waals surface area (Å²) in [6.07, 6.45) is 3.25. The number of carbonyl (C=O) groups excluding carboxylic acids is 5. The van der Waals surface area contributed by atoms with Gasteiger partial charge in [-0.3, -0.25) is 19.2 Å². The van der Waals surface area contributed by atoms with Crippen molar-refractivity contribution >= 4 is 61.3 Å². The monoisotopic (exact) mass is 574 g/mol. The molecule has 4 atom stereocenters. The van der Waals surface area contributed by atoms with Crippen LogP contribution in [0.2, 0.25) is 0 Å². The molecule has 33 heavy (non-hydrogen) atoms. The van der Waals surface area contributed by atoms with E-state index in [0.29, 0.717) is 20.5 Å². The zero-order chi connectivity index (χ0) is 23.8. The molecule has 0 spiro atoms. The molecule has 0 bridgehead atoms. The molecule has 1 aliphatic heterocycles. The number of allylic oxidation sites excluding steroid dienone is 6. The first-order valence-electron chi connectivity index (χ1n) is 10.2. The molecule has 1 aromatic carbocycles. The van der Waals surface area contributed by atoms with E-state index >= 15 is 0 Å². The van der Waals surface area contributed by atoms with Crippen molar-refractivity contribution in [2.45, 2.75) is 18.8 Å². The van der Waals surface area contributed by atoms with E-state index in [9.17, 15) is 29.1 Å². The van der Waals surface area contributed by atoms with Crippen molar-refractivity contribution in [3.8, 4) is 5.75 Å². The third-order valence-electron chi connectivity index (χ3n) is 6.85. The number of hydrogen-bond donors (Lipinski definition) is 2. The number of likely N-dealkylation sites (tertiary alicyclic amines) is 1. The topological polar surface area (TPSA) is 135 Å². The van der Waals surface area contributed by atoms with E-state index < -0.39 is 41.5 Å². The first-order valence-corrected chi connectivity index (χ1v) is 11.7. The van der Waals surface area contributed by atoms with Gasteiger partial charge in [-0.25, -0.2) is 4.79 Å². The second-order valence-corrected chi connectivity index (χ2v) is 10.2. The summed E-state index contributed by atoms with van der Waals surface area (Å²) in [5, 5.41) is 10.7. The molecule has 0 saturated carbocycles. The van der Waals surface area contributed by atoms with Crippen LogP contribution in [0, 0.1) is 17.8 Å². The number of aromatic hydroxyl groups is 1. The van der Waals surface area contributed by atoms with Crippen molar-refractivity contribution in [1.29, 1.82) is 0 Å². The number of urea groups is 1. The second-order valence-electron chi connectivity index (χ2n) is 8.45. The molecule has 5 rings (SSSR count). The summed E-state index contributed by atoms with van der Waals surface area (Å²) < 4.78 is 0.767. The number of carbonyl (C=O) groups is 5. The van der Waals surface area contributed by atoms with Crippen LogP contribution in [0.3, 0.4) is 0 Å². The molecule has 1 aromatic rings. The predicted molar refractivity (Wildman–Crippen MR) is 122 cm³/mol. The molecular weight excluding hydrogens is 560 g/mol. The standard InChI is InChI=1S/C23H16Br2N2O6/c24-8-1-4-15(28)12(5-8)17-9-2-3-10-18(22(32)27(21(10)31)23(26)33)11(9)6-13-19(17)16(29)7-14(25)20(13)30/h1-2,4-5,7,10-11,17-18,28H,3,6H2,(H2,26,33).